The molecule has 2 N–H and O–H groups in total. The summed E-state index contributed by atoms with van der Waals surface area (Å²) in [4.78, 5) is 14.3. The van der Waals surface area contributed by atoms with Crippen LogP contribution in [0.15, 0.2) is 0 Å². The summed E-state index contributed by atoms with van der Waals surface area (Å²) in [6.45, 7) is 2.35. The molecule has 0 radical (unpaired) electrons. The number of nitrogens with one attached hydrogen (secondary N) is 1. The molecular formula is C17H30N2O2. The van der Waals surface area contributed by atoms with E-state index in [1.165, 1.54) is 25.7 Å². The van der Waals surface area contributed by atoms with E-state index in [-0.39, 0.29) is 0 Å². The number of carboxylic acids is 1. The van der Waals surface area contributed by atoms with Gasteiger partial charge < -0.3 is 10.0 Å². The van der Waals surface area contributed by atoms with Gasteiger partial charge in [0.15, 0.2) is 0 Å². The molecule has 0 spiro atoms. The Balaban J connectivity index is 1.62. The normalized spacial score (nSPS) is 40.6. The van der Waals surface area contributed by atoms with Gasteiger partial charge in [-0.05, 0) is 57.9 Å². The maximum Gasteiger partial charge on any atom is 0.323 e. The highest BCUT2D eigenvalue weighted by molar-refractivity contribution is 5.79. The third-order valence-electron chi connectivity index (χ3n) is 6.02. The molecule has 0 saturated heterocycles. The van der Waals surface area contributed by atoms with Crippen molar-refractivity contribution < 1.29 is 9.90 Å². The third kappa shape index (κ3) is 3.26. The van der Waals surface area contributed by atoms with Gasteiger partial charge in [-0.2, -0.15) is 0 Å². The first-order valence-corrected chi connectivity index (χ1v) is 8.73. The highest BCUT2D eigenvalue weighted by Crippen LogP contribution is 2.38. The van der Waals surface area contributed by atoms with Gasteiger partial charge in [-0.25, -0.2) is 0 Å². The van der Waals surface area contributed by atoms with Crippen LogP contribution in [0.4, 0.5) is 0 Å². The maximum absolute atomic E-state index is 11.8. The molecule has 0 bridgehead atoms. The molecule has 0 amide bonds. The number of aliphatic carboxylic acids is 1. The van der Waals surface area contributed by atoms with Gasteiger partial charge in [0.2, 0.25) is 0 Å². The fourth-order valence-electron chi connectivity index (χ4n) is 4.44. The Bertz CT molecular complexity index is 396. The average molecular weight is 294 g/mol. The van der Waals surface area contributed by atoms with Crippen molar-refractivity contribution in [2.45, 2.75) is 88.4 Å². The lowest BCUT2D eigenvalue weighted by atomic mass is 9.85. The fraction of sp³-hybridized carbons (Fsp3) is 0.941. The molecule has 3 saturated carbocycles. The van der Waals surface area contributed by atoms with Gasteiger partial charge in [0.05, 0.1) is 0 Å². The van der Waals surface area contributed by atoms with E-state index < -0.39 is 11.5 Å². The van der Waals surface area contributed by atoms with E-state index in [2.05, 4.69) is 24.2 Å². The summed E-state index contributed by atoms with van der Waals surface area (Å²) >= 11 is 0. The molecule has 0 aliphatic heterocycles. The van der Waals surface area contributed by atoms with Crippen LogP contribution in [0.1, 0.15) is 64.7 Å². The van der Waals surface area contributed by atoms with Gasteiger partial charge in [-0.15, -0.1) is 0 Å². The summed E-state index contributed by atoms with van der Waals surface area (Å²) in [5.74, 6) is 0.184. The molecule has 4 heteroatoms. The molecule has 4 nitrogen and oxygen atoms in total. The topological polar surface area (TPSA) is 52.6 Å². The van der Waals surface area contributed by atoms with Crippen molar-refractivity contribution in [3.63, 3.8) is 0 Å². The average Bonchev–Trinajstić information content (AvgIpc) is 3.14. The first kappa shape index (κ1) is 15.3. The van der Waals surface area contributed by atoms with Crippen molar-refractivity contribution in [2.75, 3.05) is 7.05 Å². The van der Waals surface area contributed by atoms with E-state index in [4.69, 9.17) is 0 Å². The van der Waals surface area contributed by atoms with Gasteiger partial charge in [0.25, 0.3) is 0 Å². The van der Waals surface area contributed by atoms with Crippen LogP contribution in [-0.2, 0) is 4.79 Å². The van der Waals surface area contributed by atoms with Crippen LogP contribution in [-0.4, -0.2) is 46.7 Å². The van der Waals surface area contributed by atoms with Crippen LogP contribution in [0.25, 0.3) is 0 Å². The first-order chi connectivity index (χ1) is 10.00. The second kappa shape index (κ2) is 5.88. The standard InChI is InChI=1S/C17H30N2O2/c1-12-4-3-5-14(10-12)19(2)15-8-9-17(11-15,16(20)21)18-13-6-7-13/h12-15,18H,3-11H2,1-2H3,(H,20,21). The molecule has 4 unspecified atom stereocenters. The van der Waals surface area contributed by atoms with E-state index in [0.29, 0.717) is 18.1 Å². The van der Waals surface area contributed by atoms with Gasteiger partial charge >= 0.3 is 5.97 Å². The van der Waals surface area contributed by atoms with Crippen molar-refractivity contribution in [3.8, 4) is 0 Å². The van der Waals surface area contributed by atoms with Gasteiger partial charge in [0.1, 0.15) is 5.54 Å². The Kier molecular flexibility index (Phi) is 4.28. The maximum atomic E-state index is 11.8. The monoisotopic (exact) mass is 294 g/mol. The quantitative estimate of drug-likeness (QED) is 0.818. The van der Waals surface area contributed by atoms with E-state index in [1.807, 2.05) is 0 Å². The van der Waals surface area contributed by atoms with Crippen LogP contribution in [0.3, 0.4) is 0 Å². The number of rotatable bonds is 5. The molecular weight excluding hydrogens is 264 g/mol. The summed E-state index contributed by atoms with van der Waals surface area (Å²) < 4.78 is 0. The third-order valence-corrected chi connectivity index (χ3v) is 6.02. The van der Waals surface area contributed by atoms with Crippen LogP contribution in [0, 0.1) is 5.92 Å². The molecule has 0 heterocycles. The predicted octanol–water partition coefficient (Wildman–Crippen LogP) is 2.62. The lowest BCUT2D eigenvalue weighted by Crippen LogP contribution is -2.52. The molecule has 120 valence electrons. The van der Waals surface area contributed by atoms with Crippen molar-refractivity contribution in [3.05, 3.63) is 0 Å². The highest BCUT2D eigenvalue weighted by Gasteiger charge is 2.49. The van der Waals surface area contributed by atoms with E-state index in [1.54, 1.807) is 0 Å². The molecule has 3 rings (SSSR count). The lowest BCUT2D eigenvalue weighted by Gasteiger charge is -2.38. The molecule has 3 fully saturated rings. The summed E-state index contributed by atoms with van der Waals surface area (Å²) in [5.41, 5.74) is -0.652. The zero-order chi connectivity index (χ0) is 15.0. The van der Waals surface area contributed by atoms with Crippen molar-refractivity contribution in [1.29, 1.82) is 0 Å². The second-order valence-electron chi connectivity index (χ2n) is 7.79. The number of carbonyl (C=O) groups is 1. The van der Waals surface area contributed by atoms with Crippen LogP contribution in [0.5, 0.6) is 0 Å². The van der Waals surface area contributed by atoms with Gasteiger partial charge in [0, 0.05) is 18.1 Å². The zero-order valence-corrected chi connectivity index (χ0v) is 13.5. The Morgan fingerprint density at radius 3 is 2.57 bits per heavy atom. The Hall–Kier alpha value is -0.610. The summed E-state index contributed by atoms with van der Waals surface area (Å²) in [7, 11) is 2.22. The molecule has 3 aliphatic carbocycles. The van der Waals surface area contributed by atoms with Gasteiger partial charge in [-0.1, -0.05) is 19.8 Å². The van der Waals surface area contributed by atoms with Crippen molar-refractivity contribution in [2.24, 2.45) is 5.92 Å². The number of nitrogens with zero attached hydrogens (tertiary/aromatic N) is 1. The van der Waals surface area contributed by atoms with Gasteiger partial charge in [-0.3, -0.25) is 10.1 Å². The highest BCUT2D eigenvalue weighted by atomic mass is 16.4. The van der Waals surface area contributed by atoms with E-state index in [9.17, 15) is 9.90 Å². The molecule has 0 aromatic rings. The number of carboxylic acid groups (broad SMARTS) is 1. The molecule has 21 heavy (non-hydrogen) atoms. The summed E-state index contributed by atoms with van der Waals surface area (Å²) in [5, 5.41) is 13.1. The summed E-state index contributed by atoms with van der Waals surface area (Å²) in [6, 6.07) is 1.55. The largest absolute Gasteiger partial charge is 0.480 e. The molecule has 4 atom stereocenters. The molecule has 0 aromatic heterocycles. The van der Waals surface area contributed by atoms with E-state index in [0.717, 1.165) is 38.0 Å². The number of hydrogen-bond donors (Lipinski definition) is 2. The Morgan fingerprint density at radius 2 is 1.95 bits per heavy atom. The predicted molar refractivity (Wildman–Crippen MR) is 83.3 cm³/mol. The van der Waals surface area contributed by atoms with Crippen LogP contribution in [0.2, 0.25) is 0 Å². The second-order valence-corrected chi connectivity index (χ2v) is 7.79. The van der Waals surface area contributed by atoms with Crippen LogP contribution < -0.4 is 5.32 Å². The number of hydrogen-bond acceptors (Lipinski definition) is 3. The lowest BCUT2D eigenvalue weighted by molar-refractivity contribution is -0.145. The summed E-state index contributed by atoms with van der Waals surface area (Å²) in [6.07, 6.45) is 10.1. The SMILES string of the molecule is CC1CCCC(N(C)C2CCC(NC3CC3)(C(=O)O)C2)C1. The van der Waals surface area contributed by atoms with E-state index >= 15 is 0 Å². The Morgan fingerprint density at radius 1 is 1.19 bits per heavy atom. The van der Waals surface area contributed by atoms with Crippen molar-refractivity contribution in [1.82, 2.24) is 10.2 Å². The smallest absolute Gasteiger partial charge is 0.323 e. The van der Waals surface area contributed by atoms with Crippen LogP contribution >= 0.6 is 0 Å². The van der Waals surface area contributed by atoms with Crippen molar-refractivity contribution >= 4 is 5.97 Å². The first-order valence-electron chi connectivity index (χ1n) is 8.73. The fourth-order valence-corrected chi connectivity index (χ4v) is 4.44. The zero-order valence-electron chi connectivity index (χ0n) is 13.5. The minimum absolute atomic E-state index is 0.433. The minimum atomic E-state index is -0.652. The Labute approximate surface area is 128 Å². The molecule has 0 aromatic carbocycles. The molecule has 3 aliphatic rings. The minimum Gasteiger partial charge on any atom is -0.480 e.